The molecule has 2 aromatic heterocycles. The molecule has 0 radical (unpaired) electrons. The molecule has 1 aliphatic heterocycles. The average molecular weight is 334 g/mol. The second kappa shape index (κ2) is 6.13. The summed E-state index contributed by atoms with van der Waals surface area (Å²) in [4.78, 5) is 4.22. The second-order valence-corrected chi connectivity index (χ2v) is 7.21. The fourth-order valence-corrected chi connectivity index (χ4v) is 4.27. The predicted molar refractivity (Wildman–Crippen MR) is 90.1 cm³/mol. The molecule has 2 aromatic rings. The zero-order chi connectivity index (χ0) is 15.8. The lowest BCUT2D eigenvalue weighted by Gasteiger charge is -2.27. The van der Waals surface area contributed by atoms with Crippen LogP contribution in [0.1, 0.15) is 31.4 Å². The SMILES string of the molecule is O[C@@H]1CSCC[C@H]1Nc1ncc2c(F)cc(C3=CCCC3)n2n1. The van der Waals surface area contributed by atoms with Gasteiger partial charge >= 0.3 is 0 Å². The topological polar surface area (TPSA) is 62.5 Å². The minimum absolute atomic E-state index is 0.0525. The number of hydrogen-bond donors (Lipinski definition) is 2. The number of allylic oxidation sites excluding steroid dienone is 2. The van der Waals surface area contributed by atoms with E-state index in [4.69, 9.17) is 0 Å². The number of hydrogen-bond acceptors (Lipinski definition) is 5. The third-order valence-corrected chi connectivity index (χ3v) is 5.58. The Kier molecular flexibility index (Phi) is 3.98. The van der Waals surface area contributed by atoms with Gasteiger partial charge in [-0.25, -0.2) is 13.9 Å². The molecular formula is C16H19FN4OS. The van der Waals surface area contributed by atoms with Gasteiger partial charge in [-0.2, -0.15) is 11.8 Å². The Morgan fingerprint density at radius 3 is 3.13 bits per heavy atom. The summed E-state index contributed by atoms with van der Waals surface area (Å²) in [6, 6.07) is 1.49. The van der Waals surface area contributed by atoms with Gasteiger partial charge in [0.15, 0.2) is 5.82 Å². The third-order valence-electron chi connectivity index (χ3n) is 4.48. The van der Waals surface area contributed by atoms with E-state index in [9.17, 15) is 9.50 Å². The highest BCUT2D eigenvalue weighted by molar-refractivity contribution is 7.99. The first-order valence-corrected chi connectivity index (χ1v) is 9.14. The molecule has 2 atom stereocenters. The molecule has 2 aliphatic rings. The normalized spacial score (nSPS) is 24.9. The number of halogens is 1. The summed E-state index contributed by atoms with van der Waals surface area (Å²) in [6.45, 7) is 0. The largest absolute Gasteiger partial charge is 0.390 e. The molecule has 2 N–H and O–H groups in total. The van der Waals surface area contributed by atoms with E-state index < -0.39 is 6.10 Å². The fraction of sp³-hybridized carbons (Fsp3) is 0.500. The molecule has 1 fully saturated rings. The standard InChI is InChI=1S/C16H19FN4OS/c17-11-7-13(10-3-1-2-4-10)21-14(11)8-18-16(20-21)19-12-5-6-23-9-15(12)22/h3,7-8,12,15,22H,1-2,4-6,9H2,(H,19,20)/t12-,15-/m1/s1. The molecule has 7 heteroatoms. The smallest absolute Gasteiger partial charge is 0.241 e. The molecular weight excluding hydrogens is 315 g/mol. The molecule has 1 saturated heterocycles. The van der Waals surface area contributed by atoms with Crippen LogP contribution in [-0.2, 0) is 0 Å². The van der Waals surface area contributed by atoms with Crippen molar-refractivity contribution in [2.45, 2.75) is 37.8 Å². The first-order chi connectivity index (χ1) is 11.2. The van der Waals surface area contributed by atoms with Gasteiger partial charge in [-0.05, 0) is 37.0 Å². The first-order valence-electron chi connectivity index (χ1n) is 7.98. The highest BCUT2D eigenvalue weighted by Gasteiger charge is 2.24. The molecule has 23 heavy (non-hydrogen) atoms. The van der Waals surface area contributed by atoms with Crippen LogP contribution in [0.3, 0.4) is 0 Å². The second-order valence-electron chi connectivity index (χ2n) is 6.06. The van der Waals surface area contributed by atoms with Crippen molar-refractivity contribution in [2.75, 3.05) is 16.8 Å². The van der Waals surface area contributed by atoms with E-state index in [0.29, 0.717) is 11.5 Å². The van der Waals surface area contributed by atoms with Crippen molar-refractivity contribution in [1.29, 1.82) is 0 Å². The highest BCUT2D eigenvalue weighted by Crippen LogP contribution is 2.30. The summed E-state index contributed by atoms with van der Waals surface area (Å²) in [5.74, 6) is 1.86. The zero-order valence-corrected chi connectivity index (χ0v) is 13.5. The van der Waals surface area contributed by atoms with Crippen LogP contribution in [0.5, 0.6) is 0 Å². The van der Waals surface area contributed by atoms with Crippen molar-refractivity contribution in [3.63, 3.8) is 0 Å². The van der Waals surface area contributed by atoms with Gasteiger partial charge in [-0.15, -0.1) is 5.10 Å². The average Bonchev–Trinajstić information content (AvgIpc) is 3.18. The van der Waals surface area contributed by atoms with Gasteiger partial charge in [0.25, 0.3) is 0 Å². The van der Waals surface area contributed by atoms with Crippen LogP contribution >= 0.6 is 11.8 Å². The van der Waals surface area contributed by atoms with Crippen LogP contribution < -0.4 is 5.32 Å². The van der Waals surface area contributed by atoms with E-state index in [2.05, 4.69) is 21.5 Å². The van der Waals surface area contributed by atoms with Crippen molar-refractivity contribution in [3.8, 4) is 0 Å². The maximum atomic E-state index is 14.1. The first kappa shape index (κ1) is 15.0. The maximum absolute atomic E-state index is 14.1. The number of nitrogens with one attached hydrogen (secondary N) is 1. The summed E-state index contributed by atoms with van der Waals surface area (Å²) >= 11 is 1.75. The van der Waals surface area contributed by atoms with Crippen molar-refractivity contribution >= 4 is 28.8 Å². The summed E-state index contributed by atoms with van der Waals surface area (Å²) in [6.07, 6.45) is 7.21. The van der Waals surface area contributed by atoms with Crippen molar-refractivity contribution in [1.82, 2.24) is 14.6 Å². The van der Waals surface area contributed by atoms with Crippen LogP contribution in [0, 0.1) is 5.82 Å². The molecule has 5 nitrogen and oxygen atoms in total. The Labute approximate surface area is 138 Å². The van der Waals surface area contributed by atoms with E-state index in [0.717, 1.165) is 48.5 Å². The summed E-state index contributed by atoms with van der Waals surface area (Å²) in [7, 11) is 0. The quantitative estimate of drug-likeness (QED) is 0.904. The lowest BCUT2D eigenvalue weighted by molar-refractivity contribution is 0.170. The lowest BCUT2D eigenvalue weighted by Crippen LogP contribution is -2.39. The molecule has 122 valence electrons. The number of fused-ring (bicyclic) bond motifs is 1. The lowest BCUT2D eigenvalue weighted by atomic mass is 10.1. The number of aromatic nitrogens is 3. The summed E-state index contributed by atoms with van der Waals surface area (Å²) in [5.41, 5.74) is 2.33. The van der Waals surface area contributed by atoms with E-state index in [-0.39, 0.29) is 11.9 Å². The summed E-state index contributed by atoms with van der Waals surface area (Å²) in [5, 5.41) is 17.7. The predicted octanol–water partition coefficient (Wildman–Crippen LogP) is 2.71. The Balaban J connectivity index is 1.67. The molecule has 0 aromatic carbocycles. The molecule has 1 aliphatic carbocycles. The molecule has 0 unspecified atom stereocenters. The maximum Gasteiger partial charge on any atom is 0.241 e. The van der Waals surface area contributed by atoms with Crippen LogP contribution in [0.15, 0.2) is 18.3 Å². The van der Waals surface area contributed by atoms with Crippen LogP contribution in [0.25, 0.3) is 11.1 Å². The third kappa shape index (κ3) is 2.83. The van der Waals surface area contributed by atoms with E-state index in [1.165, 1.54) is 12.3 Å². The molecule has 0 saturated carbocycles. The highest BCUT2D eigenvalue weighted by atomic mass is 32.2. The molecule has 3 heterocycles. The van der Waals surface area contributed by atoms with Crippen LogP contribution in [-0.4, -0.2) is 43.4 Å². The molecule has 0 spiro atoms. The fourth-order valence-electron chi connectivity index (χ4n) is 3.21. The number of aliphatic hydroxyl groups is 1. The number of aliphatic hydroxyl groups excluding tert-OH is 1. The van der Waals surface area contributed by atoms with Gasteiger partial charge < -0.3 is 10.4 Å². The van der Waals surface area contributed by atoms with Crippen molar-refractivity contribution in [2.24, 2.45) is 0 Å². The van der Waals surface area contributed by atoms with Crippen LogP contribution in [0.4, 0.5) is 10.3 Å². The van der Waals surface area contributed by atoms with E-state index >= 15 is 0 Å². The molecule has 0 amide bonds. The number of nitrogens with zero attached hydrogens (tertiary/aromatic N) is 3. The van der Waals surface area contributed by atoms with Crippen molar-refractivity contribution in [3.05, 3.63) is 29.9 Å². The minimum atomic E-state index is -0.411. The van der Waals surface area contributed by atoms with Gasteiger partial charge in [0.1, 0.15) is 5.52 Å². The minimum Gasteiger partial charge on any atom is -0.390 e. The van der Waals surface area contributed by atoms with Gasteiger partial charge in [0.05, 0.1) is 24.0 Å². The Morgan fingerprint density at radius 1 is 1.43 bits per heavy atom. The monoisotopic (exact) mass is 334 g/mol. The van der Waals surface area contributed by atoms with Gasteiger partial charge in [0, 0.05) is 11.8 Å². The molecule has 4 rings (SSSR count). The number of rotatable bonds is 3. The summed E-state index contributed by atoms with van der Waals surface area (Å²) < 4.78 is 15.8. The van der Waals surface area contributed by atoms with Gasteiger partial charge in [0.2, 0.25) is 5.95 Å². The van der Waals surface area contributed by atoms with Crippen molar-refractivity contribution < 1.29 is 9.50 Å². The Morgan fingerprint density at radius 2 is 2.35 bits per heavy atom. The zero-order valence-electron chi connectivity index (χ0n) is 12.7. The van der Waals surface area contributed by atoms with Crippen LogP contribution in [0.2, 0.25) is 0 Å². The van der Waals surface area contributed by atoms with E-state index in [1.807, 2.05) is 0 Å². The van der Waals surface area contributed by atoms with E-state index in [1.54, 1.807) is 16.3 Å². The molecule has 0 bridgehead atoms. The van der Waals surface area contributed by atoms with Gasteiger partial charge in [-0.1, -0.05) is 6.08 Å². The Bertz CT molecular complexity index is 760. The Hall–Kier alpha value is -1.60. The van der Waals surface area contributed by atoms with Gasteiger partial charge in [-0.3, -0.25) is 0 Å². The number of thioether (sulfide) groups is 1. The number of anilines is 1.